The van der Waals surface area contributed by atoms with Gasteiger partial charge in [-0.25, -0.2) is 9.07 Å². The molecule has 2 heterocycles. The number of hydrogen-bond acceptors (Lipinski definition) is 3. The van der Waals surface area contributed by atoms with E-state index < -0.39 is 5.82 Å². The highest BCUT2D eigenvalue weighted by atomic mass is 79.9. The molecule has 1 aliphatic heterocycles. The number of amides is 1. The average molecular weight is 527 g/mol. The fourth-order valence-corrected chi connectivity index (χ4v) is 3.77. The molecule has 3 aromatic rings. The fourth-order valence-electron chi connectivity index (χ4n) is 3.33. The number of aromatic nitrogens is 2. The van der Waals surface area contributed by atoms with Gasteiger partial charge in [0.25, 0.3) is 5.91 Å². The van der Waals surface area contributed by atoms with Gasteiger partial charge in [-0.15, -0.1) is 0 Å². The number of nitrogens with one attached hydrogen (secondary N) is 1. The molecule has 0 spiro atoms. The maximum absolute atomic E-state index is 14.9. The molecule has 32 heavy (non-hydrogen) atoms. The van der Waals surface area contributed by atoms with Crippen LogP contribution in [0.25, 0.3) is 10.9 Å². The Bertz CT molecular complexity index is 1020. The number of carbonyl (C=O) groups excluding carboxylic acids is 1. The average Bonchev–Trinajstić information content (AvgIpc) is 3.24. The summed E-state index contributed by atoms with van der Waals surface area (Å²) in [7, 11) is 0. The topological polar surface area (TPSA) is 56.2 Å². The van der Waals surface area contributed by atoms with E-state index in [2.05, 4.69) is 26.3 Å². The van der Waals surface area contributed by atoms with Gasteiger partial charge in [-0.2, -0.15) is 5.10 Å². The number of hydrogen-bond donors (Lipinski definition) is 1. The molecule has 5 nitrogen and oxygen atoms in total. The molecule has 0 bridgehead atoms. The van der Waals surface area contributed by atoms with E-state index in [4.69, 9.17) is 16.3 Å². The summed E-state index contributed by atoms with van der Waals surface area (Å²) in [5, 5.41) is 8.38. The first-order valence-corrected chi connectivity index (χ1v) is 12.2. The number of rotatable bonds is 4. The third-order valence-electron chi connectivity index (χ3n) is 4.77. The van der Waals surface area contributed by atoms with Crippen molar-refractivity contribution in [1.29, 1.82) is 0 Å². The number of nitrogens with zero attached hydrogens (tertiary/aromatic N) is 2. The molecule has 0 radical (unpaired) electrons. The summed E-state index contributed by atoms with van der Waals surface area (Å²) in [6.45, 7) is 8.92. The van der Waals surface area contributed by atoms with Gasteiger partial charge in [0.1, 0.15) is 5.52 Å². The lowest BCUT2D eigenvalue weighted by molar-refractivity contribution is -0.0370. The van der Waals surface area contributed by atoms with E-state index >= 15 is 0 Å². The Hall–Kier alpha value is -1.96. The molecule has 1 atom stereocenters. The van der Waals surface area contributed by atoms with Crippen molar-refractivity contribution in [3.05, 3.63) is 63.0 Å². The molecule has 1 aromatic heterocycles. The van der Waals surface area contributed by atoms with Gasteiger partial charge in [0.2, 0.25) is 0 Å². The Morgan fingerprint density at radius 1 is 1.19 bits per heavy atom. The highest BCUT2D eigenvalue weighted by molar-refractivity contribution is 9.10. The summed E-state index contributed by atoms with van der Waals surface area (Å²) in [4.78, 5) is 12.8. The first kappa shape index (κ1) is 26.3. The molecule has 1 unspecified atom stereocenters. The second-order valence-corrected chi connectivity index (χ2v) is 7.97. The van der Waals surface area contributed by atoms with Crippen LogP contribution in [0.15, 0.2) is 40.9 Å². The van der Waals surface area contributed by atoms with E-state index in [0.717, 1.165) is 24.8 Å². The van der Waals surface area contributed by atoms with E-state index in [-0.39, 0.29) is 23.3 Å². The first-order valence-electron chi connectivity index (χ1n) is 11.0. The van der Waals surface area contributed by atoms with Crippen molar-refractivity contribution in [2.75, 3.05) is 6.61 Å². The summed E-state index contributed by atoms with van der Waals surface area (Å²) in [5.74, 6) is -0.813. The van der Waals surface area contributed by atoms with Crippen molar-refractivity contribution in [3.8, 4) is 0 Å². The third kappa shape index (κ3) is 6.09. The molecule has 1 aliphatic rings. The zero-order valence-electron chi connectivity index (χ0n) is 18.9. The Morgan fingerprint density at radius 3 is 2.50 bits per heavy atom. The fraction of sp³-hybridized carbons (Fsp3) is 0.417. The van der Waals surface area contributed by atoms with Crippen LogP contribution in [0.3, 0.4) is 0 Å². The monoisotopic (exact) mass is 525 g/mol. The van der Waals surface area contributed by atoms with Crippen LogP contribution >= 0.6 is 27.5 Å². The van der Waals surface area contributed by atoms with Crippen LogP contribution in [0.1, 0.15) is 69.2 Å². The molecule has 2 aromatic carbocycles. The van der Waals surface area contributed by atoms with E-state index in [1.165, 1.54) is 4.68 Å². The largest absolute Gasteiger partial charge is 0.356 e. The molecule has 4 rings (SSSR count). The Balaban J connectivity index is 0.000000860. The Labute approximate surface area is 202 Å². The normalized spacial score (nSPS) is 15.3. The highest BCUT2D eigenvalue weighted by Crippen LogP contribution is 2.32. The number of fused-ring (bicyclic) bond motifs is 1. The van der Waals surface area contributed by atoms with E-state index in [9.17, 15) is 9.18 Å². The molecule has 8 heteroatoms. The molecule has 0 saturated carbocycles. The van der Waals surface area contributed by atoms with Crippen LogP contribution < -0.4 is 5.32 Å². The van der Waals surface area contributed by atoms with E-state index in [1.807, 2.05) is 39.8 Å². The highest BCUT2D eigenvalue weighted by Gasteiger charge is 2.26. The van der Waals surface area contributed by atoms with Crippen molar-refractivity contribution in [2.45, 2.75) is 59.7 Å². The second kappa shape index (κ2) is 12.9. The van der Waals surface area contributed by atoms with E-state index in [1.54, 1.807) is 24.3 Å². The summed E-state index contributed by atoms with van der Waals surface area (Å²) in [6.07, 6.45) is 2.29. The van der Waals surface area contributed by atoms with Crippen LogP contribution in [-0.4, -0.2) is 22.3 Å². The SMILES string of the molecule is CC.CC.O=C(NCc1ccc(Cl)cc1)c1nn(C2CCCCO2)c2c(F)c(Br)ccc12. The summed E-state index contributed by atoms with van der Waals surface area (Å²) < 4.78 is 22.5. The lowest BCUT2D eigenvalue weighted by atomic mass is 10.1. The van der Waals surface area contributed by atoms with Crippen molar-refractivity contribution in [1.82, 2.24) is 15.1 Å². The second-order valence-electron chi connectivity index (χ2n) is 6.68. The lowest BCUT2D eigenvalue weighted by Gasteiger charge is -2.23. The van der Waals surface area contributed by atoms with Gasteiger partial charge < -0.3 is 10.1 Å². The van der Waals surface area contributed by atoms with Crippen LogP contribution in [0.4, 0.5) is 4.39 Å². The first-order chi connectivity index (χ1) is 15.5. The van der Waals surface area contributed by atoms with Gasteiger partial charge >= 0.3 is 0 Å². The number of benzene rings is 2. The molecule has 174 valence electrons. The molecule has 0 aliphatic carbocycles. The minimum atomic E-state index is -0.448. The van der Waals surface area contributed by atoms with Crippen LogP contribution in [0, 0.1) is 5.82 Å². The van der Waals surface area contributed by atoms with Crippen LogP contribution in [-0.2, 0) is 11.3 Å². The van der Waals surface area contributed by atoms with Crippen molar-refractivity contribution in [3.63, 3.8) is 0 Å². The lowest BCUT2D eigenvalue weighted by Crippen LogP contribution is -2.24. The van der Waals surface area contributed by atoms with Crippen LogP contribution in [0.2, 0.25) is 5.02 Å². The number of ether oxygens (including phenoxy) is 1. The predicted octanol–water partition coefficient (Wildman–Crippen LogP) is 7.27. The smallest absolute Gasteiger partial charge is 0.272 e. The van der Waals surface area contributed by atoms with E-state index in [0.29, 0.717) is 28.0 Å². The molecule has 1 saturated heterocycles. The van der Waals surface area contributed by atoms with Crippen molar-refractivity contribution < 1.29 is 13.9 Å². The van der Waals surface area contributed by atoms with Gasteiger partial charge in [-0.05, 0) is 65.0 Å². The minimum absolute atomic E-state index is 0.185. The molecular formula is C24H30BrClFN3O2. The van der Waals surface area contributed by atoms with Gasteiger partial charge in [-0.3, -0.25) is 4.79 Å². The summed E-state index contributed by atoms with van der Waals surface area (Å²) in [5.41, 5.74) is 1.37. The molecule has 1 fully saturated rings. The third-order valence-corrected chi connectivity index (χ3v) is 5.64. The molecular weight excluding hydrogens is 497 g/mol. The quantitative estimate of drug-likeness (QED) is 0.389. The van der Waals surface area contributed by atoms with Gasteiger partial charge in [-0.1, -0.05) is 51.4 Å². The molecule has 1 amide bonds. The van der Waals surface area contributed by atoms with Gasteiger partial charge in [0.05, 0.1) is 4.47 Å². The molecule has 1 N–H and O–H groups in total. The number of carbonyl (C=O) groups is 1. The Kier molecular flexibility index (Phi) is 10.6. The maximum atomic E-state index is 14.9. The summed E-state index contributed by atoms with van der Waals surface area (Å²) in [6, 6.07) is 10.5. The zero-order valence-corrected chi connectivity index (χ0v) is 21.3. The van der Waals surface area contributed by atoms with Gasteiger partial charge in [0.15, 0.2) is 17.7 Å². The zero-order chi connectivity index (χ0) is 23.7. The van der Waals surface area contributed by atoms with Gasteiger partial charge in [0, 0.05) is 23.6 Å². The number of halogens is 3. The van der Waals surface area contributed by atoms with Crippen molar-refractivity contribution in [2.24, 2.45) is 0 Å². The predicted molar refractivity (Wildman–Crippen MR) is 132 cm³/mol. The standard InChI is InChI=1S/C20H18BrClFN3O2.2C2H6/c21-15-9-8-14-18(20(27)24-11-12-4-6-13(22)7-5-12)25-26(19(14)17(15)23)16-3-1-2-10-28-16;2*1-2/h4-9,16H,1-3,10-11H2,(H,24,27);2*1-2H3. The maximum Gasteiger partial charge on any atom is 0.272 e. The van der Waals surface area contributed by atoms with Crippen LogP contribution in [0.5, 0.6) is 0 Å². The van der Waals surface area contributed by atoms with Crippen molar-refractivity contribution >= 4 is 44.3 Å². The Morgan fingerprint density at radius 2 is 1.88 bits per heavy atom. The summed E-state index contributed by atoms with van der Waals surface area (Å²) >= 11 is 9.11. The minimum Gasteiger partial charge on any atom is -0.356 e.